The highest BCUT2D eigenvalue weighted by Crippen LogP contribution is 2.31. The third kappa shape index (κ3) is 4.17. The molecule has 1 aliphatic heterocycles. The SMILES string of the molecule is CCOc1ccc(/C=C2\C(=O)N(CC)C(=S)N(c3ccc(Cl)cc3)C2=O)cc1OC. The summed E-state index contributed by atoms with van der Waals surface area (Å²) >= 11 is 11.4. The Kier molecular flexibility index (Phi) is 6.74. The molecule has 156 valence electrons. The molecule has 3 rings (SSSR count). The van der Waals surface area contributed by atoms with E-state index in [0.29, 0.717) is 40.9 Å². The molecule has 0 radical (unpaired) electrons. The first kappa shape index (κ1) is 21.8. The molecule has 1 heterocycles. The van der Waals surface area contributed by atoms with E-state index in [0.717, 1.165) is 0 Å². The van der Waals surface area contributed by atoms with Crippen LogP contribution in [0.3, 0.4) is 0 Å². The van der Waals surface area contributed by atoms with Gasteiger partial charge in [-0.05, 0) is 74.1 Å². The van der Waals surface area contributed by atoms with Crippen LogP contribution in [-0.2, 0) is 9.59 Å². The molecule has 1 aliphatic rings. The van der Waals surface area contributed by atoms with Crippen LogP contribution in [-0.4, -0.2) is 42.1 Å². The fraction of sp³-hybridized carbons (Fsp3) is 0.227. The molecule has 2 aromatic rings. The number of likely N-dealkylation sites (N-methyl/N-ethyl adjacent to an activating group) is 1. The van der Waals surface area contributed by atoms with Gasteiger partial charge in [0, 0.05) is 11.6 Å². The zero-order valence-electron chi connectivity index (χ0n) is 16.8. The van der Waals surface area contributed by atoms with Crippen LogP contribution in [0, 0.1) is 0 Å². The van der Waals surface area contributed by atoms with Crippen molar-refractivity contribution in [3.63, 3.8) is 0 Å². The Morgan fingerprint density at radius 1 is 1.03 bits per heavy atom. The van der Waals surface area contributed by atoms with E-state index < -0.39 is 11.8 Å². The zero-order chi connectivity index (χ0) is 21.8. The first-order chi connectivity index (χ1) is 14.4. The molecule has 0 aliphatic carbocycles. The second kappa shape index (κ2) is 9.28. The van der Waals surface area contributed by atoms with Crippen molar-refractivity contribution in [2.24, 2.45) is 0 Å². The van der Waals surface area contributed by atoms with Crippen molar-refractivity contribution in [2.45, 2.75) is 13.8 Å². The van der Waals surface area contributed by atoms with Crippen molar-refractivity contribution in [2.75, 3.05) is 25.2 Å². The van der Waals surface area contributed by atoms with Crippen molar-refractivity contribution >= 4 is 52.5 Å². The summed E-state index contributed by atoms with van der Waals surface area (Å²) in [6.07, 6.45) is 1.54. The average Bonchev–Trinajstić information content (AvgIpc) is 2.74. The van der Waals surface area contributed by atoms with Gasteiger partial charge in [-0.3, -0.25) is 19.4 Å². The van der Waals surface area contributed by atoms with Crippen molar-refractivity contribution in [3.8, 4) is 11.5 Å². The summed E-state index contributed by atoms with van der Waals surface area (Å²) in [6.45, 7) is 4.51. The number of halogens is 1. The summed E-state index contributed by atoms with van der Waals surface area (Å²) in [5, 5.41) is 0.672. The van der Waals surface area contributed by atoms with Crippen molar-refractivity contribution in [1.29, 1.82) is 0 Å². The number of nitrogens with zero attached hydrogens (tertiary/aromatic N) is 2. The number of ether oxygens (including phenoxy) is 2. The van der Waals surface area contributed by atoms with Crippen LogP contribution in [0.1, 0.15) is 19.4 Å². The molecule has 0 bridgehead atoms. The number of hydrogen-bond acceptors (Lipinski definition) is 5. The maximum absolute atomic E-state index is 13.3. The predicted molar refractivity (Wildman–Crippen MR) is 121 cm³/mol. The first-order valence-corrected chi connectivity index (χ1v) is 10.2. The molecule has 0 aromatic heterocycles. The summed E-state index contributed by atoms with van der Waals surface area (Å²) in [7, 11) is 1.53. The summed E-state index contributed by atoms with van der Waals surface area (Å²) in [6, 6.07) is 11.9. The summed E-state index contributed by atoms with van der Waals surface area (Å²) in [4.78, 5) is 29.0. The smallest absolute Gasteiger partial charge is 0.270 e. The number of amides is 2. The van der Waals surface area contributed by atoms with Gasteiger partial charge in [0.1, 0.15) is 5.57 Å². The lowest BCUT2D eigenvalue weighted by Gasteiger charge is -2.36. The minimum atomic E-state index is -0.495. The van der Waals surface area contributed by atoms with Gasteiger partial charge in [0.2, 0.25) is 0 Å². The summed E-state index contributed by atoms with van der Waals surface area (Å²) in [5.74, 6) is 0.164. The number of thiocarbonyl (C=S) groups is 1. The number of rotatable bonds is 6. The van der Waals surface area contributed by atoms with Gasteiger partial charge in [-0.1, -0.05) is 17.7 Å². The molecule has 2 aromatic carbocycles. The highest BCUT2D eigenvalue weighted by molar-refractivity contribution is 7.80. The van der Waals surface area contributed by atoms with E-state index in [1.54, 1.807) is 49.4 Å². The van der Waals surface area contributed by atoms with Gasteiger partial charge in [-0.2, -0.15) is 0 Å². The molecule has 1 saturated heterocycles. The van der Waals surface area contributed by atoms with Gasteiger partial charge >= 0.3 is 0 Å². The fourth-order valence-electron chi connectivity index (χ4n) is 3.09. The highest BCUT2D eigenvalue weighted by Gasteiger charge is 2.39. The van der Waals surface area contributed by atoms with Gasteiger partial charge in [0.15, 0.2) is 16.6 Å². The molecular formula is C22H21ClN2O4S. The van der Waals surface area contributed by atoms with Crippen molar-refractivity contribution in [3.05, 3.63) is 58.6 Å². The van der Waals surface area contributed by atoms with E-state index in [9.17, 15) is 9.59 Å². The molecular weight excluding hydrogens is 424 g/mol. The topological polar surface area (TPSA) is 59.1 Å². The lowest BCUT2D eigenvalue weighted by Crippen LogP contribution is -2.56. The van der Waals surface area contributed by atoms with E-state index in [2.05, 4.69) is 0 Å². The Labute approximate surface area is 185 Å². The van der Waals surface area contributed by atoms with Gasteiger partial charge in [0.05, 0.1) is 19.4 Å². The third-order valence-electron chi connectivity index (χ3n) is 4.53. The van der Waals surface area contributed by atoms with Crippen LogP contribution >= 0.6 is 23.8 Å². The number of carbonyl (C=O) groups excluding carboxylic acids is 2. The second-order valence-corrected chi connectivity index (χ2v) is 7.15. The maximum atomic E-state index is 13.3. The molecule has 0 atom stereocenters. The van der Waals surface area contributed by atoms with Gasteiger partial charge in [-0.15, -0.1) is 0 Å². The quantitative estimate of drug-likeness (QED) is 0.377. The number of benzene rings is 2. The number of carbonyl (C=O) groups is 2. The summed E-state index contributed by atoms with van der Waals surface area (Å²) in [5.41, 5.74) is 1.18. The maximum Gasteiger partial charge on any atom is 0.270 e. The molecule has 0 unspecified atom stereocenters. The number of hydrogen-bond donors (Lipinski definition) is 0. The Balaban J connectivity index is 2.06. The molecule has 0 N–H and O–H groups in total. The van der Waals surface area contributed by atoms with Crippen LogP contribution in [0.5, 0.6) is 11.5 Å². The van der Waals surface area contributed by atoms with Crippen LogP contribution in [0.4, 0.5) is 5.69 Å². The van der Waals surface area contributed by atoms with E-state index in [4.69, 9.17) is 33.3 Å². The third-order valence-corrected chi connectivity index (χ3v) is 5.19. The van der Waals surface area contributed by atoms with Crippen molar-refractivity contribution in [1.82, 2.24) is 4.90 Å². The van der Waals surface area contributed by atoms with Gasteiger partial charge in [-0.25, -0.2) is 0 Å². The molecule has 30 heavy (non-hydrogen) atoms. The standard InChI is InChI=1S/C22H21ClN2O4S/c1-4-24-20(26)17(12-14-6-11-18(29-5-2)19(13-14)28-3)21(27)25(22(24)30)16-9-7-15(23)8-10-16/h6-13H,4-5H2,1-3H3/b17-12+. The number of methoxy groups -OCH3 is 1. The first-order valence-electron chi connectivity index (χ1n) is 9.39. The predicted octanol–water partition coefficient (Wildman–Crippen LogP) is 4.31. The van der Waals surface area contributed by atoms with E-state index in [-0.39, 0.29) is 10.7 Å². The Morgan fingerprint density at radius 2 is 1.73 bits per heavy atom. The monoisotopic (exact) mass is 444 g/mol. The highest BCUT2D eigenvalue weighted by atomic mass is 35.5. The Bertz CT molecular complexity index is 1020. The van der Waals surface area contributed by atoms with E-state index in [1.165, 1.54) is 23.0 Å². The Morgan fingerprint density at radius 3 is 2.33 bits per heavy atom. The largest absolute Gasteiger partial charge is 0.493 e. The lowest BCUT2D eigenvalue weighted by atomic mass is 10.1. The van der Waals surface area contributed by atoms with E-state index in [1.807, 2.05) is 6.92 Å². The minimum absolute atomic E-state index is 0.00612. The van der Waals surface area contributed by atoms with E-state index >= 15 is 0 Å². The van der Waals surface area contributed by atoms with Crippen LogP contribution in [0.25, 0.3) is 6.08 Å². The fourth-order valence-corrected chi connectivity index (χ4v) is 3.61. The summed E-state index contributed by atoms with van der Waals surface area (Å²) < 4.78 is 10.9. The average molecular weight is 445 g/mol. The van der Waals surface area contributed by atoms with Gasteiger partial charge in [0.25, 0.3) is 11.8 Å². The second-order valence-electron chi connectivity index (χ2n) is 6.35. The molecule has 1 fully saturated rings. The normalized spacial score (nSPS) is 15.7. The minimum Gasteiger partial charge on any atom is -0.493 e. The van der Waals surface area contributed by atoms with Gasteiger partial charge < -0.3 is 9.47 Å². The molecule has 8 heteroatoms. The van der Waals surface area contributed by atoms with Crippen LogP contribution < -0.4 is 14.4 Å². The zero-order valence-corrected chi connectivity index (χ0v) is 18.4. The molecule has 0 spiro atoms. The molecule has 0 saturated carbocycles. The van der Waals surface area contributed by atoms with Crippen LogP contribution in [0.15, 0.2) is 48.0 Å². The number of anilines is 1. The van der Waals surface area contributed by atoms with Crippen molar-refractivity contribution < 1.29 is 19.1 Å². The van der Waals surface area contributed by atoms with Crippen LogP contribution in [0.2, 0.25) is 5.02 Å². The Hall–Kier alpha value is -2.90. The lowest BCUT2D eigenvalue weighted by molar-refractivity contribution is -0.127. The molecule has 2 amide bonds. The molecule has 6 nitrogen and oxygen atoms in total.